The third-order valence-electron chi connectivity index (χ3n) is 3.36. The van der Waals surface area contributed by atoms with E-state index in [0.717, 1.165) is 5.56 Å². The molecule has 2 aromatic rings. The van der Waals surface area contributed by atoms with Crippen LogP contribution in [0.5, 0.6) is 0 Å². The van der Waals surface area contributed by atoms with E-state index in [4.69, 9.17) is 11.6 Å². The molecule has 0 radical (unpaired) electrons. The first kappa shape index (κ1) is 17.3. The second-order valence-corrected chi connectivity index (χ2v) is 7.73. The minimum Gasteiger partial charge on any atom is -0.262 e. The maximum Gasteiger partial charge on any atom is 0.264 e. The average Bonchev–Trinajstić information content (AvgIpc) is 2.48. The minimum atomic E-state index is -3.78. The fraction of sp³-hybridized carbons (Fsp3) is 0.235. The van der Waals surface area contributed by atoms with Crippen LogP contribution in [-0.2, 0) is 10.0 Å². The van der Waals surface area contributed by atoms with Crippen molar-refractivity contribution in [1.29, 1.82) is 5.26 Å². The Morgan fingerprint density at radius 2 is 1.74 bits per heavy atom. The van der Waals surface area contributed by atoms with Crippen molar-refractivity contribution in [3.63, 3.8) is 0 Å². The molecule has 0 N–H and O–H groups in total. The molecular weight excluding hydrogens is 332 g/mol. The molecule has 0 atom stereocenters. The molecule has 0 bridgehead atoms. The van der Waals surface area contributed by atoms with Crippen LogP contribution in [0.2, 0.25) is 5.02 Å². The molecule has 4 nitrogen and oxygen atoms in total. The second-order valence-electron chi connectivity index (χ2n) is 5.48. The summed E-state index contributed by atoms with van der Waals surface area (Å²) in [4.78, 5) is 0.190. The van der Waals surface area contributed by atoms with Gasteiger partial charge in [0.05, 0.1) is 16.1 Å². The number of rotatable bonds is 4. The number of hydrogen-bond acceptors (Lipinski definition) is 3. The molecule has 0 amide bonds. The van der Waals surface area contributed by atoms with Gasteiger partial charge in [-0.15, -0.1) is 0 Å². The molecule has 0 spiro atoms. The van der Waals surface area contributed by atoms with Crippen molar-refractivity contribution >= 4 is 27.3 Å². The number of hydrogen-bond donors (Lipinski definition) is 0. The van der Waals surface area contributed by atoms with Gasteiger partial charge in [0, 0.05) is 11.1 Å². The van der Waals surface area contributed by atoms with Crippen LogP contribution < -0.4 is 4.31 Å². The zero-order valence-corrected chi connectivity index (χ0v) is 14.7. The summed E-state index contributed by atoms with van der Waals surface area (Å²) in [6, 6.07) is 12.9. The Balaban J connectivity index is 2.64. The topological polar surface area (TPSA) is 61.2 Å². The molecule has 120 valence electrons. The van der Waals surface area contributed by atoms with Gasteiger partial charge in [0.25, 0.3) is 10.0 Å². The molecule has 0 aliphatic carbocycles. The van der Waals surface area contributed by atoms with Crippen molar-refractivity contribution in [2.24, 2.45) is 0 Å². The Bertz CT molecular complexity index is 853. The average molecular weight is 349 g/mol. The van der Waals surface area contributed by atoms with Crippen molar-refractivity contribution in [3.8, 4) is 6.07 Å². The zero-order chi connectivity index (χ0) is 17.2. The molecule has 0 saturated heterocycles. The number of benzene rings is 2. The Morgan fingerprint density at radius 3 is 2.26 bits per heavy atom. The van der Waals surface area contributed by atoms with E-state index in [1.54, 1.807) is 50.2 Å². The quantitative estimate of drug-likeness (QED) is 0.834. The Labute approximate surface area is 142 Å². The van der Waals surface area contributed by atoms with Crippen LogP contribution in [0.1, 0.15) is 25.0 Å². The SMILES string of the molecule is Cc1ccc(S(=O)(=O)N(c2ccc(Cl)cc2C#N)C(C)C)cc1. The number of nitriles is 1. The van der Waals surface area contributed by atoms with E-state index in [1.807, 2.05) is 13.0 Å². The highest BCUT2D eigenvalue weighted by molar-refractivity contribution is 7.92. The molecule has 0 aromatic heterocycles. The zero-order valence-electron chi connectivity index (χ0n) is 13.1. The van der Waals surface area contributed by atoms with Crippen LogP contribution >= 0.6 is 11.6 Å². The van der Waals surface area contributed by atoms with Crippen molar-refractivity contribution in [2.45, 2.75) is 31.7 Å². The highest BCUT2D eigenvalue weighted by atomic mass is 35.5. The van der Waals surface area contributed by atoms with E-state index in [0.29, 0.717) is 10.7 Å². The maximum atomic E-state index is 13.0. The summed E-state index contributed by atoms with van der Waals surface area (Å²) in [5.41, 5.74) is 1.53. The van der Waals surface area contributed by atoms with Crippen LogP contribution in [-0.4, -0.2) is 14.5 Å². The second kappa shape index (κ2) is 6.61. The third-order valence-corrected chi connectivity index (χ3v) is 5.60. The van der Waals surface area contributed by atoms with Gasteiger partial charge >= 0.3 is 0 Å². The Hall–Kier alpha value is -2.03. The monoisotopic (exact) mass is 348 g/mol. The van der Waals surface area contributed by atoms with Crippen LogP contribution in [0.25, 0.3) is 0 Å². The molecule has 0 fully saturated rings. The first-order chi connectivity index (χ1) is 10.8. The lowest BCUT2D eigenvalue weighted by Crippen LogP contribution is -2.37. The minimum absolute atomic E-state index is 0.190. The third kappa shape index (κ3) is 3.49. The summed E-state index contributed by atoms with van der Waals surface area (Å²) in [6.45, 7) is 5.42. The first-order valence-electron chi connectivity index (χ1n) is 7.08. The number of aryl methyl sites for hydroxylation is 1. The summed E-state index contributed by atoms with van der Waals surface area (Å²) >= 11 is 5.91. The van der Waals surface area contributed by atoms with Crippen molar-refractivity contribution < 1.29 is 8.42 Å². The van der Waals surface area contributed by atoms with E-state index in [9.17, 15) is 13.7 Å². The normalized spacial score (nSPS) is 11.3. The van der Waals surface area contributed by atoms with Crippen LogP contribution in [0.15, 0.2) is 47.4 Å². The molecule has 0 unspecified atom stereocenters. The van der Waals surface area contributed by atoms with Gasteiger partial charge in [-0.1, -0.05) is 29.3 Å². The van der Waals surface area contributed by atoms with E-state index in [1.165, 1.54) is 10.4 Å². The summed E-state index contributed by atoms with van der Waals surface area (Å²) in [5, 5.41) is 9.71. The summed E-state index contributed by atoms with van der Waals surface area (Å²) in [5.74, 6) is 0. The summed E-state index contributed by atoms with van der Waals surface area (Å²) < 4.78 is 27.3. The highest BCUT2D eigenvalue weighted by Crippen LogP contribution is 2.30. The van der Waals surface area contributed by atoms with E-state index < -0.39 is 10.0 Å². The smallest absolute Gasteiger partial charge is 0.262 e. The van der Waals surface area contributed by atoms with Gasteiger partial charge in [-0.3, -0.25) is 4.31 Å². The van der Waals surface area contributed by atoms with E-state index in [-0.39, 0.29) is 16.5 Å². The lowest BCUT2D eigenvalue weighted by molar-refractivity contribution is 0.584. The number of halogens is 1. The molecular formula is C17H17ClN2O2S. The summed E-state index contributed by atoms with van der Waals surface area (Å²) in [7, 11) is -3.78. The lowest BCUT2D eigenvalue weighted by Gasteiger charge is -2.29. The van der Waals surface area contributed by atoms with E-state index >= 15 is 0 Å². The predicted octanol–water partition coefficient (Wildman–Crippen LogP) is 4.12. The lowest BCUT2D eigenvalue weighted by atomic mass is 10.2. The fourth-order valence-corrected chi connectivity index (χ4v) is 4.15. The van der Waals surface area contributed by atoms with Crippen molar-refractivity contribution in [2.75, 3.05) is 4.31 Å². The summed E-state index contributed by atoms with van der Waals surface area (Å²) in [6.07, 6.45) is 0. The van der Waals surface area contributed by atoms with Crippen molar-refractivity contribution in [1.82, 2.24) is 0 Å². The van der Waals surface area contributed by atoms with Gasteiger partial charge in [-0.2, -0.15) is 5.26 Å². The number of sulfonamides is 1. The molecule has 0 aliphatic heterocycles. The molecule has 0 aliphatic rings. The number of anilines is 1. The van der Waals surface area contributed by atoms with Crippen molar-refractivity contribution in [3.05, 3.63) is 58.6 Å². The molecule has 23 heavy (non-hydrogen) atoms. The molecule has 0 saturated carbocycles. The van der Waals surface area contributed by atoms with Crippen LogP contribution in [0, 0.1) is 18.3 Å². The van der Waals surface area contributed by atoms with Gasteiger partial charge in [0.2, 0.25) is 0 Å². The van der Waals surface area contributed by atoms with Crippen LogP contribution in [0.4, 0.5) is 5.69 Å². The molecule has 0 heterocycles. The fourth-order valence-electron chi connectivity index (χ4n) is 2.30. The van der Waals surface area contributed by atoms with Gasteiger partial charge < -0.3 is 0 Å². The van der Waals surface area contributed by atoms with E-state index in [2.05, 4.69) is 0 Å². The maximum absolute atomic E-state index is 13.0. The van der Waals surface area contributed by atoms with Crippen LogP contribution in [0.3, 0.4) is 0 Å². The Kier molecular flexibility index (Phi) is 4.98. The Morgan fingerprint density at radius 1 is 1.13 bits per heavy atom. The number of nitrogens with zero attached hydrogens (tertiary/aromatic N) is 2. The first-order valence-corrected chi connectivity index (χ1v) is 8.90. The van der Waals surface area contributed by atoms with Gasteiger partial charge in [-0.05, 0) is 51.1 Å². The highest BCUT2D eigenvalue weighted by Gasteiger charge is 2.29. The van der Waals surface area contributed by atoms with Gasteiger partial charge in [-0.25, -0.2) is 8.42 Å². The van der Waals surface area contributed by atoms with Gasteiger partial charge in [0.1, 0.15) is 6.07 Å². The molecule has 6 heteroatoms. The van der Waals surface area contributed by atoms with Gasteiger partial charge in [0.15, 0.2) is 0 Å². The standard InChI is InChI=1S/C17H17ClN2O2S/c1-12(2)20(17-9-6-15(18)10-14(17)11-19)23(21,22)16-7-4-13(3)5-8-16/h4-10,12H,1-3H3. The molecule has 2 rings (SSSR count). The predicted molar refractivity (Wildman–Crippen MR) is 92.1 cm³/mol. The largest absolute Gasteiger partial charge is 0.264 e. The molecule has 2 aromatic carbocycles.